The van der Waals surface area contributed by atoms with E-state index in [1.54, 1.807) is 13.8 Å². The SMILES string of the molecule is Cc1nc([N+](=O)[O-])cn1CC(=O)NCC(C)(O)CCC(C)C. The molecule has 1 aromatic rings. The minimum atomic E-state index is -0.962. The van der Waals surface area contributed by atoms with Gasteiger partial charge in [-0.05, 0) is 35.6 Å². The second-order valence-electron chi connectivity index (χ2n) is 6.24. The third-order valence-corrected chi connectivity index (χ3v) is 3.39. The molecular weight excluding hydrogens is 288 g/mol. The molecule has 2 N–H and O–H groups in total. The van der Waals surface area contributed by atoms with Gasteiger partial charge in [-0.2, -0.15) is 0 Å². The van der Waals surface area contributed by atoms with E-state index >= 15 is 0 Å². The first-order valence-electron chi connectivity index (χ1n) is 7.28. The highest BCUT2D eigenvalue weighted by molar-refractivity contribution is 5.75. The van der Waals surface area contributed by atoms with E-state index in [2.05, 4.69) is 24.1 Å². The largest absolute Gasteiger partial charge is 0.388 e. The zero-order valence-corrected chi connectivity index (χ0v) is 13.5. The van der Waals surface area contributed by atoms with Crippen LogP contribution in [-0.4, -0.2) is 37.6 Å². The maximum absolute atomic E-state index is 11.9. The number of aryl methyl sites for hydroxylation is 1. The van der Waals surface area contributed by atoms with E-state index < -0.39 is 10.5 Å². The Hall–Kier alpha value is -1.96. The van der Waals surface area contributed by atoms with E-state index in [0.717, 1.165) is 6.42 Å². The molecule has 0 aliphatic heterocycles. The molecule has 0 fully saturated rings. The summed E-state index contributed by atoms with van der Waals surface area (Å²) in [5, 5.41) is 23.5. The van der Waals surface area contributed by atoms with Gasteiger partial charge in [0.05, 0.1) is 5.60 Å². The maximum atomic E-state index is 11.9. The average Bonchev–Trinajstić information content (AvgIpc) is 2.76. The van der Waals surface area contributed by atoms with Gasteiger partial charge in [0.2, 0.25) is 11.7 Å². The molecule has 0 saturated heterocycles. The molecule has 1 aromatic heterocycles. The highest BCUT2D eigenvalue weighted by Crippen LogP contribution is 2.15. The molecule has 1 unspecified atom stereocenters. The van der Waals surface area contributed by atoms with Gasteiger partial charge in [-0.1, -0.05) is 13.8 Å². The van der Waals surface area contributed by atoms with Crippen LogP contribution in [0.15, 0.2) is 6.20 Å². The van der Waals surface area contributed by atoms with E-state index in [0.29, 0.717) is 18.2 Å². The van der Waals surface area contributed by atoms with Crippen molar-refractivity contribution >= 4 is 11.7 Å². The number of carbonyl (C=O) groups excluding carboxylic acids is 1. The van der Waals surface area contributed by atoms with Crippen molar-refractivity contribution < 1.29 is 14.8 Å². The number of hydrogen-bond acceptors (Lipinski definition) is 5. The molecule has 22 heavy (non-hydrogen) atoms. The van der Waals surface area contributed by atoms with Crippen LogP contribution in [0.25, 0.3) is 0 Å². The van der Waals surface area contributed by atoms with Gasteiger partial charge in [0.15, 0.2) is 0 Å². The highest BCUT2D eigenvalue weighted by Gasteiger charge is 2.22. The third kappa shape index (κ3) is 5.80. The number of nitro groups is 1. The molecule has 0 aliphatic carbocycles. The lowest BCUT2D eigenvalue weighted by Gasteiger charge is -2.24. The number of carbonyl (C=O) groups is 1. The van der Waals surface area contributed by atoms with Crippen LogP contribution in [0.2, 0.25) is 0 Å². The Labute approximate surface area is 129 Å². The lowest BCUT2D eigenvalue weighted by molar-refractivity contribution is -0.389. The standard InChI is InChI=1S/C14H24N4O4/c1-10(2)5-6-14(4,20)9-15-13(19)8-17-7-12(18(21)22)16-11(17)3/h7,10,20H,5-6,8-9H2,1-4H3,(H,15,19). The second kappa shape index (κ2) is 7.35. The summed E-state index contributed by atoms with van der Waals surface area (Å²) >= 11 is 0. The van der Waals surface area contributed by atoms with Crippen LogP contribution in [0, 0.1) is 23.0 Å². The maximum Gasteiger partial charge on any atom is 0.381 e. The molecule has 8 heteroatoms. The van der Waals surface area contributed by atoms with Gasteiger partial charge in [-0.3, -0.25) is 9.36 Å². The van der Waals surface area contributed by atoms with Crippen LogP contribution in [0.1, 0.15) is 39.4 Å². The average molecular weight is 312 g/mol. The number of nitrogens with one attached hydrogen (secondary N) is 1. The lowest BCUT2D eigenvalue weighted by atomic mass is 9.95. The minimum Gasteiger partial charge on any atom is -0.388 e. The monoisotopic (exact) mass is 312 g/mol. The van der Waals surface area contributed by atoms with Crippen molar-refractivity contribution in [1.29, 1.82) is 0 Å². The molecule has 0 bridgehead atoms. The Morgan fingerprint density at radius 2 is 2.23 bits per heavy atom. The first kappa shape index (κ1) is 18.1. The number of rotatable bonds is 8. The van der Waals surface area contributed by atoms with Crippen LogP contribution in [0.4, 0.5) is 5.82 Å². The van der Waals surface area contributed by atoms with Crippen molar-refractivity contribution in [2.45, 2.75) is 52.7 Å². The topological polar surface area (TPSA) is 110 Å². The van der Waals surface area contributed by atoms with Crippen molar-refractivity contribution in [2.24, 2.45) is 5.92 Å². The Morgan fingerprint density at radius 3 is 2.73 bits per heavy atom. The van der Waals surface area contributed by atoms with Gasteiger partial charge in [0.25, 0.3) is 0 Å². The molecule has 124 valence electrons. The Bertz CT molecular complexity index is 537. The molecule has 0 saturated carbocycles. The van der Waals surface area contributed by atoms with Gasteiger partial charge in [-0.25, -0.2) is 0 Å². The van der Waals surface area contributed by atoms with Crippen LogP contribution < -0.4 is 5.32 Å². The van der Waals surface area contributed by atoms with Gasteiger partial charge in [-0.15, -0.1) is 0 Å². The summed E-state index contributed by atoms with van der Waals surface area (Å²) in [5.41, 5.74) is -0.962. The molecule has 1 atom stereocenters. The Kier molecular flexibility index (Phi) is 6.04. The predicted molar refractivity (Wildman–Crippen MR) is 81.3 cm³/mol. The summed E-state index contributed by atoms with van der Waals surface area (Å²) < 4.78 is 1.41. The fourth-order valence-electron chi connectivity index (χ4n) is 1.93. The third-order valence-electron chi connectivity index (χ3n) is 3.39. The minimum absolute atomic E-state index is 0.0626. The second-order valence-corrected chi connectivity index (χ2v) is 6.24. The normalized spacial score (nSPS) is 13.9. The van der Waals surface area contributed by atoms with E-state index in [9.17, 15) is 20.0 Å². The molecule has 1 heterocycles. The number of imidazole rings is 1. The van der Waals surface area contributed by atoms with Gasteiger partial charge in [0.1, 0.15) is 12.7 Å². The first-order valence-corrected chi connectivity index (χ1v) is 7.28. The lowest BCUT2D eigenvalue weighted by Crippen LogP contribution is -2.42. The van der Waals surface area contributed by atoms with Crippen LogP contribution in [0.3, 0.4) is 0 Å². The highest BCUT2D eigenvalue weighted by atomic mass is 16.6. The van der Waals surface area contributed by atoms with Crippen molar-refractivity contribution in [3.05, 3.63) is 22.1 Å². The van der Waals surface area contributed by atoms with Gasteiger partial charge >= 0.3 is 5.82 Å². The van der Waals surface area contributed by atoms with Crippen LogP contribution >= 0.6 is 0 Å². The van der Waals surface area contributed by atoms with Crippen molar-refractivity contribution in [2.75, 3.05) is 6.54 Å². The number of hydrogen-bond donors (Lipinski definition) is 2. The molecule has 0 aliphatic rings. The molecule has 0 radical (unpaired) electrons. The zero-order valence-electron chi connectivity index (χ0n) is 13.5. The fourth-order valence-corrected chi connectivity index (χ4v) is 1.93. The summed E-state index contributed by atoms with van der Waals surface area (Å²) in [6.07, 6.45) is 2.70. The summed E-state index contributed by atoms with van der Waals surface area (Å²) in [7, 11) is 0. The van der Waals surface area contributed by atoms with Gasteiger partial charge in [0, 0.05) is 13.5 Å². The van der Waals surface area contributed by atoms with E-state index in [4.69, 9.17) is 0 Å². The van der Waals surface area contributed by atoms with E-state index in [1.165, 1.54) is 10.8 Å². The zero-order chi connectivity index (χ0) is 16.9. The summed E-state index contributed by atoms with van der Waals surface area (Å²) in [6.45, 7) is 7.51. The molecule has 1 amide bonds. The van der Waals surface area contributed by atoms with Crippen LogP contribution in [0.5, 0.6) is 0 Å². The molecule has 8 nitrogen and oxygen atoms in total. The Morgan fingerprint density at radius 1 is 1.59 bits per heavy atom. The quantitative estimate of drug-likeness (QED) is 0.557. The smallest absolute Gasteiger partial charge is 0.381 e. The van der Waals surface area contributed by atoms with Crippen molar-refractivity contribution in [3.63, 3.8) is 0 Å². The van der Waals surface area contributed by atoms with Gasteiger partial charge < -0.3 is 20.5 Å². The summed E-state index contributed by atoms with van der Waals surface area (Å²) in [4.78, 5) is 25.7. The van der Waals surface area contributed by atoms with E-state index in [-0.39, 0.29) is 24.8 Å². The number of amides is 1. The molecule has 1 rings (SSSR count). The number of aliphatic hydroxyl groups is 1. The first-order chi connectivity index (χ1) is 10.1. The number of nitrogens with zero attached hydrogens (tertiary/aromatic N) is 3. The summed E-state index contributed by atoms with van der Waals surface area (Å²) in [5.74, 6) is 0.277. The predicted octanol–water partition coefficient (Wildman–Crippen LogP) is 1.40. The molecular formula is C14H24N4O4. The van der Waals surface area contributed by atoms with Crippen molar-refractivity contribution in [1.82, 2.24) is 14.9 Å². The van der Waals surface area contributed by atoms with Crippen molar-refractivity contribution in [3.8, 4) is 0 Å². The van der Waals surface area contributed by atoms with E-state index in [1.807, 2.05) is 0 Å². The van der Waals surface area contributed by atoms with Crippen LogP contribution in [-0.2, 0) is 11.3 Å². The molecule has 0 aromatic carbocycles. The number of aromatic nitrogens is 2. The fraction of sp³-hybridized carbons (Fsp3) is 0.714. The summed E-state index contributed by atoms with van der Waals surface area (Å²) in [6, 6.07) is 0. The molecule has 0 spiro atoms. The Balaban J connectivity index is 2.51.